The van der Waals surface area contributed by atoms with Gasteiger partial charge in [0, 0.05) is 12.8 Å². The molecule has 0 aliphatic rings. The molecule has 0 radical (unpaired) electrons. The first kappa shape index (κ1) is 60.5. The van der Waals surface area contributed by atoms with Crippen LogP contribution < -0.4 is 0 Å². The zero-order valence-electron chi connectivity index (χ0n) is 41.4. The van der Waals surface area contributed by atoms with E-state index in [1.165, 1.54) is 161 Å². The van der Waals surface area contributed by atoms with Crippen LogP contribution in [0.15, 0.2) is 24.3 Å². The molecular formula is C52H101NO8P+. The van der Waals surface area contributed by atoms with Gasteiger partial charge in [0.05, 0.1) is 27.7 Å². The number of likely N-dealkylation sites (N-methyl/N-ethyl adjacent to an activating group) is 1. The Morgan fingerprint density at radius 2 is 0.823 bits per heavy atom. The van der Waals surface area contributed by atoms with Crippen LogP contribution in [-0.4, -0.2) is 74.9 Å². The van der Waals surface area contributed by atoms with Crippen LogP contribution in [-0.2, 0) is 32.7 Å². The van der Waals surface area contributed by atoms with E-state index in [-0.39, 0.29) is 32.0 Å². The van der Waals surface area contributed by atoms with E-state index >= 15 is 0 Å². The zero-order valence-corrected chi connectivity index (χ0v) is 42.3. The molecule has 366 valence electrons. The first-order valence-electron chi connectivity index (χ1n) is 26.1. The maximum Gasteiger partial charge on any atom is 0.472 e. The highest BCUT2D eigenvalue weighted by Crippen LogP contribution is 2.43. The summed E-state index contributed by atoms with van der Waals surface area (Å²) in [7, 11) is 1.48. The largest absolute Gasteiger partial charge is 0.472 e. The first-order valence-corrected chi connectivity index (χ1v) is 27.6. The van der Waals surface area contributed by atoms with Crippen LogP contribution in [0.2, 0.25) is 0 Å². The Morgan fingerprint density at radius 1 is 0.484 bits per heavy atom. The van der Waals surface area contributed by atoms with Gasteiger partial charge in [0.25, 0.3) is 0 Å². The molecule has 2 unspecified atom stereocenters. The van der Waals surface area contributed by atoms with Crippen LogP contribution in [0, 0.1) is 0 Å². The number of esters is 2. The summed E-state index contributed by atoms with van der Waals surface area (Å²) in [5, 5.41) is 0. The minimum atomic E-state index is -4.38. The van der Waals surface area contributed by atoms with Crippen LogP contribution in [0.1, 0.15) is 245 Å². The molecule has 0 fully saturated rings. The van der Waals surface area contributed by atoms with Gasteiger partial charge in [-0.2, -0.15) is 0 Å². The number of carbonyl (C=O) groups is 2. The smallest absolute Gasteiger partial charge is 0.462 e. The maximum atomic E-state index is 12.8. The van der Waals surface area contributed by atoms with Gasteiger partial charge in [0.15, 0.2) is 6.10 Å². The van der Waals surface area contributed by atoms with E-state index in [4.69, 9.17) is 18.5 Å². The Morgan fingerprint density at radius 3 is 1.21 bits per heavy atom. The number of carbonyl (C=O) groups excluding carboxylic acids is 2. The number of nitrogens with zero attached hydrogens (tertiary/aromatic N) is 1. The predicted molar refractivity (Wildman–Crippen MR) is 261 cm³/mol. The Bertz CT molecular complexity index is 1110. The molecule has 0 spiro atoms. The first-order chi connectivity index (χ1) is 30.0. The number of quaternary nitrogens is 1. The van der Waals surface area contributed by atoms with Crippen molar-refractivity contribution in [1.82, 2.24) is 0 Å². The molecule has 0 heterocycles. The molecule has 0 aliphatic heterocycles. The van der Waals surface area contributed by atoms with Crippen LogP contribution in [0.3, 0.4) is 0 Å². The second-order valence-electron chi connectivity index (χ2n) is 18.9. The Balaban J connectivity index is 4.15. The van der Waals surface area contributed by atoms with Gasteiger partial charge in [-0.1, -0.05) is 192 Å². The summed E-state index contributed by atoms with van der Waals surface area (Å²) in [4.78, 5) is 35.5. The summed E-state index contributed by atoms with van der Waals surface area (Å²) in [6, 6.07) is 0. The van der Waals surface area contributed by atoms with Gasteiger partial charge < -0.3 is 18.9 Å². The molecule has 2 atom stereocenters. The molecule has 0 rings (SSSR count). The number of rotatable bonds is 48. The summed E-state index contributed by atoms with van der Waals surface area (Å²) in [5.41, 5.74) is 0. The molecule has 0 saturated carbocycles. The van der Waals surface area contributed by atoms with Gasteiger partial charge in [-0.3, -0.25) is 18.6 Å². The van der Waals surface area contributed by atoms with Crippen LogP contribution >= 0.6 is 7.82 Å². The molecule has 1 N–H and O–H groups in total. The second kappa shape index (κ2) is 44.7. The van der Waals surface area contributed by atoms with Gasteiger partial charge in [-0.05, 0) is 64.2 Å². The fourth-order valence-corrected chi connectivity index (χ4v) is 8.10. The van der Waals surface area contributed by atoms with Crippen molar-refractivity contribution in [3.05, 3.63) is 24.3 Å². The number of hydrogen-bond acceptors (Lipinski definition) is 7. The van der Waals surface area contributed by atoms with Crippen LogP contribution in [0.25, 0.3) is 0 Å². The number of ether oxygens (including phenoxy) is 2. The maximum absolute atomic E-state index is 12.8. The van der Waals surface area contributed by atoms with Crippen molar-refractivity contribution in [3.63, 3.8) is 0 Å². The van der Waals surface area contributed by atoms with E-state index in [0.717, 1.165) is 51.4 Å². The van der Waals surface area contributed by atoms with Gasteiger partial charge in [0.1, 0.15) is 19.8 Å². The van der Waals surface area contributed by atoms with Crippen molar-refractivity contribution in [3.8, 4) is 0 Å². The molecule has 62 heavy (non-hydrogen) atoms. The fraction of sp³-hybridized carbons (Fsp3) is 0.885. The standard InChI is InChI=1S/C52H100NO8P/c1-6-8-10-12-14-16-18-20-21-22-23-24-25-26-27-28-29-30-31-33-35-37-39-41-43-45-52(55)61-50(49-60-62(56,57)59-47-46-53(3,4)5)48-58-51(54)44-42-40-38-36-34-32-19-17-15-13-11-9-7-2/h17,19,22-23,50H,6-16,18,20-21,24-49H2,1-5H3/p+1/b19-17-,23-22-. The van der Waals surface area contributed by atoms with Gasteiger partial charge in [0.2, 0.25) is 0 Å². The average Bonchev–Trinajstić information content (AvgIpc) is 3.23. The third kappa shape index (κ3) is 48.0. The van der Waals surface area contributed by atoms with Crippen molar-refractivity contribution in [2.75, 3.05) is 47.5 Å². The van der Waals surface area contributed by atoms with Crippen molar-refractivity contribution >= 4 is 19.8 Å². The van der Waals surface area contributed by atoms with E-state index < -0.39 is 26.5 Å². The topological polar surface area (TPSA) is 108 Å². The summed E-state index contributed by atoms with van der Waals surface area (Å²) < 4.78 is 34.4. The lowest BCUT2D eigenvalue weighted by atomic mass is 10.0. The van der Waals surface area contributed by atoms with Crippen molar-refractivity contribution in [1.29, 1.82) is 0 Å². The third-order valence-electron chi connectivity index (χ3n) is 11.5. The molecular weight excluding hydrogens is 798 g/mol. The predicted octanol–water partition coefficient (Wildman–Crippen LogP) is 15.5. The summed E-state index contributed by atoms with van der Waals surface area (Å²) in [5.74, 6) is -0.799. The summed E-state index contributed by atoms with van der Waals surface area (Å²) in [6.45, 7) is 4.43. The number of phosphoric acid groups is 1. The lowest BCUT2D eigenvalue weighted by Crippen LogP contribution is -2.37. The molecule has 0 bridgehead atoms. The molecule has 9 nitrogen and oxygen atoms in total. The lowest BCUT2D eigenvalue weighted by Gasteiger charge is -2.24. The highest BCUT2D eigenvalue weighted by molar-refractivity contribution is 7.47. The minimum absolute atomic E-state index is 0.0322. The molecule has 0 aromatic rings. The SMILES string of the molecule is CCCCCC/C=C\CCCCCCCC(=O)OCC(COP(=O)(O)OCC[N+](C)(C)C)OC(=O)CCCCCCCCCCCCCCC/C=C\CCCCCCCCCC. The monoisotopic (exact) mass is 899 g/mol. The molecule has 0 aromatic carbocycles. The fourth-order valence-electron chi connectivity index (χ4n) is 7.36. The number of phosphoric ester groups is 1. The number of hydrogen-bond donors (Lipinski definition) is 1. The highest BCUT2D eigenvalue weighted by atomic mass is 31.2. The van der Waals surface area contributed by atoms with Crippen molar-refractivity contribution in [2.24, 2.45) is 0 Å². The molecule has 0 aromatic heterocycles. The zero-order chi connectivity index (χ0) is 45.7. The highest BCUT2D eigenvalue weighted by Gasteiger charge is 2.27. The molecule has 0 amide bonds. The van der Waals surface area contributed by atoms with E-state index in [1.54, 1.807) is 0 Å². The van der Waals surface area contributed by atoms with Gasteiger partial charge in [-0.25, -0.2) is 4.57 Å². The third-order valence-corrected chi connectivity index (χ3v) is 12.4. The van der Waals surface area contributed by atoms with Crippen LogP contribution in [0.4, 0.5) is 0 Å². The minimum Gasteiger partial charge on any atom is -0.462 e. The summed E-state index contributed by atoms with van der Waals surface area (Å²) in [6.07, 6.45) is 50.9. The lowest BCUT2D eigenvalue weighted by molar-refractivity contribution is -0.870. The van der Waals surface area contributed by atoms with Crippen molar-refractivity contribution < 1.29 is 42.1 Å². The number of allylic oxidation sites excluding steroid dienone is 4. The molecule has 10 heteroatoms. The summed E-state index contributed by atoms with van der Waals surface area (Å²) >= 11 is 0. The van der Waals surface area contributed by atoms with Gasteiger partial charge in [-0.15, -0.1) is 0 Å². The van der Waals surface area contributed by atoms with E-state index in [2.05, 4.69) is 38.2 Å². The van der Waals surface area contributed by atoms with Gasteiger partial charge >= 0.3 is 19.8 Å². The Hall–Kier alpha value is -1.51. The Kier molecular flexibility index (Phi) is 43.6. The Labute approximate surface area is 383 Å². The van der Waals surface area contributed by atoms with E-state index in [9.17, 15) is 19.0 Å². The van der Waals surface area contributed by atoms with E-state index in [1.807, 2.05) is 21.1 Å². The van der Waals surface area contributed by atoms with Crippen LogP contribution in [0.5, 0.6) is 0 Å². The quantitative estimate of drug-likeness (QED) is 0.0211. The number of unbranched alkanes of at least 4 members (excludes halogenated alkanes) is 30. The van der Waals surface area contributed by atoms with E-state index in [0.29, 0.717) is 17.4 Å². The average molecular weight is 899 g/mol. The molecule has 0 saturated heterocycles. The van der Waals surface area contributed by atoms with Crippen molar-refractivity contribution in [2.45, 2.75) is 251 Å². The second-order valence-corrected chi connectivity index (χ2v) is 20.4. The molecule has 0 aliphatic carbocycles. The normalized spacial score (nSPS) is 13.6.